The summed E-state index contributed by atoms with van der Waals surface area (Å²) < 4.78 is 10.6. The summed E-state index contributed by atoms with van der Waals surface area (Å²) in [6.07, 6.45) is 0.189. The molecule has 6 nitrogen and oxygen atoms in total. The Bertz CT molecular complexity index is 1030. The molecule has 0 aromatic heterocycles. The average Bonchev–Trinajstić information content (AvgIpc) is 2.80. The lowest BCUT2D eigenvalue weighted by atomic mass is 10.0. The Morgan fingerprint density at radius 3 is 2.13 bits per heavy atom. The minimum absolute atomic E-state index is 0.189. The lowest BCUT2D eigenvalue weighted by Crippen LogP contribution is -2.43. The van der Waals surface area contributed by atoms with Crippen molar-refractivity contribution in [2.24, 2.45) is 0 Å². The van der Waals surface area contributed by atoms with Crippen LogP contribution in [0.3, 0.4) is 0 Å². The third-order valence-electron chi connectivity index (χ3n) is 4.47. The van der Waals surface area contributed by atoms with Crippen LogP contribution in [-0.2, 0) is 16.0 Å². The fourth-order valence-electron chi connectivity index (χ4n) is 2.98. The smallest absolute Gasteiger partial charge is 0.343 e. The third-order valence-corrected chi connectivity index (χ3v) is 4.47. The first-order valence-corrected chi connectivity index (χ1v) is 9.95. The van der Waals surface area contributed by atoms with Gasteiger partial charge >= 0.3 is 11.9 Å². The molecule has 3 aromatic carbocycles. The number of rotatable bonds is 8. The van der Waals surface area contributed by atoms with E-state index in [1.807, 2.05) is 12.1 Å². The van der Waals surface area contributed by atoms with Gasteiger partial charge in [0.1, 0.15) is 11.8 Å². The van der Waals surface area contributed by atoms with Crippen LogP contribution < -0.4 is 10.1 Å². The topological polar surface area (TPSA) is 81.7 Å². The number of carbonyl (C=O) groups excluding carboxylic acids is 3. The van der Waals surface area contributed by atoms with E-state index in [0.717, 1.165) is 0 Å². The molecule has 6 heteroatoms. The second kappa shape index (κ2) is 10.7. The Labute approximate surface area is 180 Å². The van der Waals surface area contributed by atoms with Crippen LogP contribution in [-0.4, -0.2) is 30.5 Å². The van der Waals surface area contributed by atoms with Crippen molar-refractivity contribution in [3.05, 3.63) is 102 Å². The van der Waals surface area contributed by atoms with Gasteiger partial charge in [0.25, 0.3) is 5.91 Å². The van der Waals surface area contributed by atoms with E-state index in [0.29, 0.717) is 22.4 Å². The Kier molecular flexibility index (Phi) is 7.54. The maximum absolute atomic E-state index is 12.5. The molecule has 3 aromatic rings. The lowest BCUT2D eigenvalue weighted by Gasteiger charge is -2.18. The maximum Gasteiger partial charge on any atom is 0.343 e. The molecular formula is C25H23NO5. The first-order chi connectivity index (χ1) is 15.1. The molecule has 1 unspecified atom stereocenters. The molecule has 0 aliphatic rings. The summed E-state index contributed by atoms with van der Waals surface area (Å²) in [5, 5.41) is 2.73. The molecule has 0 radical (unpaired) electrons. The molecular weight excluding hydrogens is 394 g/mol. The molecule has 1 N–H and O–H groups in total. The second-order valence-electron chi connectivity index (χ2n) is 6.75. The second-order valence-corrected chi connectivity index (χ2v) is 6.75. The molecule has 0 spiro atoms. The molecule has 0 saturated heterocycles. The third kappa shape index (κ3) is 6.27. The molecule has 0 fully saturated rings. The first-order valence-electron chi connectivity index (χ1n) is 9.95. The highest BCUT2D eigenvalue weighted by Crippen LogP contribution is 2.17. The van der Waals surface area contributed by atoms with Crippen molar-refractivity contribution in [3.8, 4) is 5.75 Å². The summed E-state index contributed by atoms with van der Waals surface area (Å²) in [7, 11) is 0. The van der Waals surface area contributed by atoms with Crippen molar-refractivity contribution >= 4 is 17.8 Å². The van der Waals surface area contributed by atoms with E-state index >= 15 is 0 Å². The zero-order valence-corrected chi connectivity index (χ0v) is 17.1. The van der Waals surface area contributed by atoms with E-state index in [-0.39, 0.29) is 18.9 Å². The number of esters is 2. The van der Waals surface area contributed by atoms with Crippen LogP contribution in [0.4, 0.5) is 0 Å². The van der Waals surface area contributed by atoms with E-state index in [4.69, 9.17) is 9.47 Å². The molecule has 158 valence electrons. The number of hydrogen-bond donors (Lipinski definition) is 1. The molecule has 3 rings (SSSR count). The van der Waals surface area contributed by atoms with Gasteiger partial charge in [0.2, 0.25) is 0 Å². The Balaban J connectivity index is 1.73. The van der Waals surface area contributed by atoms with Gasteiger partial charge in [-0.25, -0.2) is 9.59 Å². The van der Waals surface area contributed by atoms with Gasteiger partial charge < -0.3 is 14.8 Å². The normalized spacial score (nSPS) is 11.3. The van der Waals surface area contributed by atoms with E-state index < -0.39 is 18.0 Å². The van der Waals surface area contributed by atoms with Crippen molar-refractivity contribution in [1.29, 1.82) is 0 Å². The van der Waals surface area contributed by atoms with E-state index in [1.54, 1.807) is 79.7 Å². The van der Waals surface area contributed by atoms with Crippen LogP contribution in [0.25, 0.3) is 0 Å². The number of hydrogen-bond acceptors (Lipinski definition) is 5. The molecule has 1 amide bonds. The van der Waals surface area contributed by atoms with Crippen molar-refractivity contribution in [3.63, 3.8) is 0 Å². The van der Waals surface area contributed by atoms with Gasteiger partial charge in [-0.3, -0.25) is 4.79 Å². The van der Waals surface area contributed by atoms with Gasteiger partial charge in [0.15, 0.2) is 0 Å². The summed E-state index contributed by atoms with van der Waals surface area (Å²) in [4.78, 5) is 37.3. The van der Waals surface area contributed by atoms with Gasteiger partial charge in [-0.1, -0.05) is 48.5 Å². The number of amides is 1. The van der Waals surface area contributed by atoms with Crippen LogP contribution in [0.5, 0.6) is 5.75 Å². The first kappa shape index (κ1) is 21.8. The minimum atomic E-state index is -0.882. The number of ether oxygens (including phenoxy) is 2. The summed E-state index contributed by atoms with van der Waals surface area (Å²) in [5.74, 6) is -1.02. The molecule has 0 aliphatic heterocycles. The van der Waals surface area contributed by atoms with Gasteiger partial charge in [0.05, 0.1) is 12.2 Å². The maximum atomic E-state index is 12.5. The SMILES string of the molecule is CCOC(=O)C(Cc1cccc(OC(=O)c2ccccc2)c1)NC(=O)c1ccccc1. The highest BCUT2D eigenvalue weighted by Gasteiger charge is 2.23. The monoisotopic (exact) mass is 417 g/mol. The Morgan fingerprint density at radius 2 is 1.48 bits per heavy atom. The van der Waals surface area contributed by atoms with Crippen LogP contribution in [0.15, 0.2) is 84.9 Å². The molecule has 0 bridgehead atoms. The standard InChI is InChI=1S/C25H23NO5/c1-2-30-25(29)22(26-23(27)19-11-5-3-6-12-19)17-18-10-9-15-21(16-18)31-24(28)20-13-7-4-8-14-20/h3-16,22H,2,17H2,1H3,(H,26,27). The largest absolute Gasteiger partial charge is 0.464 e. The zero-order chi connectivity index (χ0) is 22.1. The fourth-order valence-corrected chi connectivity index (χ4v) is 2.98. The van der Waals surface area contributed by atoms with Crippen LogP contribution in [0, 0.1) is 0 Å². The zero-order valence-electron chi connectivity index (χ0n) is 17.1. The van der Waals surface area contributed by atoms with Crippen LogP contribution >= 0.6 is 0 Å². The minimum Gasteiger partial charge on any atom is -0.464 e. The molecule has 31 heavy (non-hydrogen) atoms. The van der Waals surface area contributed by atoms with E-state index in [1.165, 1.54) is 0 Å². The van der Waals surface area contributed by atoms with E-state index in [2.05, 4.69) is 5.32 Å². The number of benzene rings is 3. The highest BCUT2D eigenvalue weighted by molar-refractivity contribution is 5.96. The average molecular weight is 417 g/mol. The van der Waals surface area contributed by atoms with E-state index in [9.17, 15) is 14.4 Å². The summed E-state index contributed by atoms with van der Waals surface area (Å²) >= 11 is 0. The Morgan fingerprint density at radius 1 is 0.839 bits per heavy atom. The fraction of sp³-hybridized carbons (Fsp3) is 0.160. The number of carbonyl (C=O) groups is 3. The number of nitrogens with one attached hydrogen (secondary N) is 1. The van der Waals surface area contributed by atoms with Crippen molar-refractivity contribution in [2.75, 3.05) is 6.61 Å². The van der Waals surface area contributed by atoms with Gasteiger partial charge in [-0.2, -0.15) is 0 Å². The summed E-state index contributed by atoms with van der Waals surface area (Å²) in [6.45, 7) is 1.91. The van der Waals surface area contributed by atoms with Gasteiger partial charge in [0, 0.05) is 12.0 Å². The van der Waals surface area contributed by atoms with Crippen molar-refractivity contribution in [2.45, 2.75) is 19.4 Å². The molecule has 0 heterocycles. The highest BCUT2D eigenvalue weighted by atomic mass is 16.5. The van der Waals surface area contributed by atoms with Crippen LogP contribution in [0.1, 0.15) is 33.2 Å². The van der Waals surface area contributed by atoms with Crippen molar-refractivity contribution < 1.29 is 23.9 Å². The van der Waals surface area contributed by atoms with Gasteiger partial charge in [-0.05, 0) is 48.9 Å². The summed E-state index contributed by atoms with van der Waals surface area (Å²) in [5.41, 5.74) is 1.60. The van der Waals surface area contributed by atoms with Gasteiger partial charge in [-0.15, -0.1) is 0 Å². The summed E-state index contributed by atoms with van der Waals surface area (Å²) in [6, 6.07) is 23.3. The Hall–Kier alpha value is -3.93. The molecule has 1 atom stereocenters. The molecule has 0 saturated carbocycles. The predicted molar refractivity (Wildman–Crippen MR) is 116 cm³/mol. The quantitative estimate of drug-likeness (QED) is 0.445. The van der Waals surface area contributed by atoms with Crippen LogP contribution in [0.2, 0.25) is 0 Å². The molecule has 0 aliphatic carbocycles. The van der Waals surface area contributed by atoms with Crippen molar-refractivity contribution in [1.82, 2.24) is 5.32 Å². The predicted octanol–water partition coefficient (Wildman–Crippen LogP) is 3.81. The lowest BCUT2D eigenvalue weighted by molar-refractivity contribution is -0.145.